The van der Waals surface area contributed by atoms with E-state index in [1.54, 1.807) is 0 Å². The minimum absolute atomic E-state index is 0. The Labute approximate surface area is 157 Å². The highest BCUT2D eigenvalue weighted by atomic mass is 79.9. The lowest BCUT2D eigenvalue weighted by Crippen LogP contribution is -3.00. The van der Waals surface area contributed by atoms with E-state index in [9.17, 15) is 0 Å². The van der Waals surface area contributed by atoms with Gasteiger partial charge in [0.25, 0.3) is 0 Å². The molecule has 0 bridgehead atoms. The van der Waals surface area contributed by atoms with Crippen molar-refractivity contribution in [2.75, 3.05) is 33.4 Å². The quantitative estimate of drug-likeness (QED) is 0.231. The summed E-state index contributed by atoms with van der Waals surface area (Å²) in [5.41, 5.74) is 0. The molecule has 0 fully saturated rings. The summed E-state index contributed by atoms with van der Waals surface area (Å²) < 4.78 is 1.12. The first-order chi connectivity index (χ1) is 10.1. The number of unbranched alkanes of at least 4 members (excludes halogenated alkanes) is 13. The van der Waals surface area contributed by atoms with E-state index in [4.69, 9.17) is 0 Å². The zero-order valence-corrected chi connectivity index (χ0v) is 18.1. The molecule has 1 nitrogen and oxygen atoms in total. The number of quaternary nitrogens is 1. The lowest BCUT2D eigenvalue weighted by atomic mass is 10.0. The van der Waals surface area contributed by atoms with E-state index in [1.165, 1.54) is 96.4 Å². The van der Waals surface area contributed by atoms with Crippen LogP contribution in [0.4, 0.5) is 0 Å². The standard InChI is InChI=1S/C19H41NS.BrH/c1-20(2,3)18-16-14-12-10-8-6-4-5-7-9-11-13-15-17-19-21;/h4-19H2,1-3H3;1H. The third-order valence-corrected chi connectivity index (χ3v) is 4.55. The van der Waals surface area contributed by atoms with Crippen molar-refractivity contribution < 1.29 is 21.5 Å². The first-order valence-electron chi connectivity index (χ1n) is 9.47. The van der Waals surface area contributed by atoms with Gasteiger partial charge in [-0.25, -0.2) is 0 Å². The van der Waals surface area contributed by atoms with Crippen molar-refractivity contribution in [2.24, 2.45) is 0 Å². The Bertz CT molecular complexity index is 204. The van der Waals surface area contributed by atoms with Gasteiger partial charge in [-0.2, -0.15) is 12.6 Å². The molecule has 0 N–H and O–H groups in total. The number of hydrogen-bond acceptors (Lipinski definition) is 1. The number of nitrogens with zero attached hydrogens (tertiary/aromatic N) is 1. The second-order valence-electron chi connectivity index (χ2n) is 7.69. The summed E-state index contributed by atoms with van der Waals surface area (Å²) in [5, 5.41) is 0. The molecule has 0 rings (SSSR count). The highest BCUT2D eigenvalue weighted by molar-refractivity contribution is 7.80. The highest BCUT2D eigenvalue weighted by Gasteiger charge is 2.04. The molecule has 0 aliphatic heterocycles. The Balaban J connectivity index is 0. The summed E-state index contributed by atoms with van der Waals surface area (Å²) in [6, 6.07) is 0. The molecule has 0 aromatic rings. The first kappa shape index (κ1) is 25.0. The van der Waals surface area contributed by atoms with Gasteiger partial charge in [-0.1, -0.05) is 70.6 Å². The molecule has 0 aliphatic rings. The lowest BCUT2D eigenvalue weighted by Gasteiger charge is -2.23. The lowest BCUT2D eigenvalue weighted by molar-refractivity contribution is -0.870. The van der Waals surface area contributed by atoms with Crippen LogP contribution in [-0.2, 0) is 0 Å². The fraction of sp³-hybridized carbons (Fsp3) is 1.00. The van der Waals surface area contributed by atoms with Crippen molar-refractivity contribution in [2.45, 2.75) is 89.9 Å². The van der Waals surface area contributed by atoms with Crippen molar-refractivity contribution in [3.05, 3.63) is 0 Å². The zero-order chi connectivity index (χ0) is 15.8. The van der Waals surface area contributed by atoms with E-state index in [0.29, 0.717) is 0 Å². The minimum Gasteiger partial charge on any atom is -1.00 e. The van der Waals surface area contributed by atoms with Crippen molar-refractivity contribution in [1.82, 2.24) is 0 Å². The van der Waals surface area contributed by atoms with Crippen LogP contribution >= 0.6 is 12.6 Å². The van der Waals surface area contributed by atoms with E-state index in [0.717, 1.165) is 10.2 Å². The second-order valence-corrected chi connectivity index (χ2v) is 8.13. The van der Waals surface area contributed by atoms with E-state index in [2.05, 4.69) is 33.8 Å². The third kappa shape index (κ3) is 23.1. The normalized spacial score (nSPS) is 11.5. The molecule has 0 aromatic carbocycles. The van der Waals surface area contributed by atoms with Crippen LogP contribution in [0.5, 0.6) is 0 Å². The van der Waals surface area contributed by atoms with Gasteiger partial charge < -0.3 is 21.5 Å². The number of hydrogen-bond donors (Lipinski definition) is 1. The molecular weight excluding hydrogens is 354 g/mol. The van der Waals surface area contributed by atoms with Crippen LogP contribution in [-0.4, -0.2) is 37.9 Å². The number of thiol groups is 1. The third-order valence-electron chi connectivity index (χ3n) is 4.24. The topological polar surface area (TPSA) is 0 Å². The zero-order valence-electron chi connectivity index (χ0n) is 15.6. The fourth-order valence-electron chi connectivity index (χ4n) is 2.82. The van der Waals surface area contributed by atoms with Gasteiger partial charge in [0.1, 0.15) is 0 Å². The molecule has 0 heterocycles. The molecule has 0 amide bonds. The van der Waals surface area contributed by atoms with Gasteiger partial charge in [-0.15, -0.1) is 0 Å². The monoisotopic (exact) mass is 395 g/mol. The molecule has 0 unspecified atom stereocenters. The summed E-state index contributed by atoms with van der Waals surface area (Å²) in [6.45, 7) is 1.33. The summed E-state index contributed by atoms with van der Waals surface area (Å²) >= 11 is 4.25. The van der Waals surface area contributed by atoms with Gasteiger partial charge in [0, 0.05) is 0 Å². The number of rotatable bonds is 16. The molecule has 136 valence electrons. The Morgan fingerprint density at radius 2 is 0.773 bits per heavy atom. The van der Waals surface area contributed by atoms with Crippen LogP contribution in [0.3, 0.4) is 0 Å². The maximum Gasteiger partial charge on any atom is 0.0780 e. The molecule has 0 saturated heterocycles. The summed E-state index contributed by atoms with van der Waals surface area (Å²) in [6.07, 6.45) is 20.1. The largest absolute Gasteiger partial charge is 1.00 e. The van der Waals surface area contributed by atoms with Crippen LogP contribution in [0.2, 0.25) is 0 Å². The fourth-order valence-corrected chi connectivity index (χ4v) is 3.04. The van der Waals surface area contributed by atoms with Gasteiger partial charge in [0.05, 0.1) is 27.7 Å². The smallest absolute Gasteiger partial charge is 0.0780 e. The maximum absolute atomic E-state index is 4.25. The van der Waals surface area contributed by atoms with Gasteiger partial charge in [0.2, 0.25) is 0 Å². The molecular formula is C19H42BrNS. The maximum atomic E-state index is 4.25. The van der Waals surface area contributed by atoms with E-state index >= 15 is 0 Å². The van der Waals surface area contributed by atoms with Gasteiger partial charge in [0.15, 0.2) is 0 Å². The Morgan fingerprint density at radius 1 is 0.500 bits per heavy atom. The SMILES string of the molecule is C[N+](C)(C)CCCCCCCCCCCCCCCCS.[Br-]. The molecule has 22 heavy (non-hydrogen) atoms. The molecule has 0 spiro atoms. The summed E-state index contributed by atoms with van der Waals surface area (Å²) in [7, 11) is 6.88. The van der Waals surface area contributed by atoms with Gasteiger partial charge >= 0.3 is 0 Å². The summed E-state index contributed by atoms with van der Waals surface area (Å²) in [4.78, 5) is 0. The summed E-state index contributed by atoms with van der Waals surface area (Å²) in [5.74, 6) is 1.06. The van der Waals surface area contributed by atoms with Crippen LogP contribution < -0.4 is 17.0 Å². The Morgan fingerprint density at radius 3 is 1.05 bits per heavy atom. The Hall–Kier alpha value is 0.790. The van der Waals surface area contributed by atoms with Crippen molar-refractivity contribution in [3.63, 3.8) is 0 Å². The molecule has 0 radical (unpaired) electrons. The molecule has 0 saturated carbocycles. The van der Waals surface area contributed by atoms with Crippen LogP contribution in [0.1, 0.15) is 89.9 Å². The van der Waals surface area contributed by atoms with Crippen LogP contribution in [0, 0.1) is 0 Å². The van der Waals surface area contributed by atoms with Gasteiger partial charge in [-0.3, -0.25) is 0 Å². The van der Waals surface area contributed by atoms with E-state index in [1.807, 2.05) is 0 Å². The first-order valence-corrected chi connectivity index (χ1v) is 10.1. The molecule has 0 atom stereocenters. The van der Waals surface area contributed by atoms with Crippen molar-refractivity contribution in [1.29, 1.82) is 0 Å². The van der Waals surface area contributed by atoms with Crippen LogP contribution in [0.25, 0.3) is 0 Å². The van der Waals surface area contributed by atoms with Crippen LogP contribution in [0.15, 0.2) is 0 Å². The van der Waals surface area contributed by atoms with Gasteiger partial charge in [-0.05, 0) is 25.0 Å². The Kier molecular flexibility index (Phi) is 20.6. The average molecular weight is 397 g/mol. The molecule has 0 aromatic heterocycles. The average Bonchev–Trinajstić information content (AvgIpc) is 2.42. The highest BCUT2D eigenvalue weighted by Crippen LogP contribution is 2.13. The molecule has 0 aliphatic carbocycles. The predicted octanol–water partition coefficient (Wildman–Crippen LogP) is 3.09. The van der Waals surface area contributed by atoms with Crippen molar-refractivity contribution >= 4 is 12.6 Å². The minimum atomic E-state index is 0. The van der Waals surface area contributed by atoms with E-state index in [-0.39, 0.29) is 17.0 Å². The second kappa shape index (κ2) is 18.1. The number of halogens is 1. The predicted molar refractivity (Wildman–Crippen MR) is 101 cm³/mol. The van der Waals surface area contributed by atoms with Crippen molar-refractivity contribution in [3.8, 4) is 0 Å². The van der Waals surface area contributed by atoms with E-state index < -0.39 is 0 Å². The molecule has 3 heteroatoms.